The van der Waals surface area contributed by atoms with Crippen molar-refractivity contribution in [2.24, 2.45) is 22.7 Å². The van der Waals surface area contributed by atoms with Crippen LogP contribution in [0.2, 0.25) is 0 Å². The molecule has 0 bridgehead atoms. The van der Waals surface area contributed by atoms with Crippen molar-refractivity contribution in [3.8, 4) is 0 Å². The van der Waals surface area contributed by atoms with Crippen LogP contribution in [0.25, 0.3) is 10.9 Å². The summed E-state index contributed by atoms with van der Waals surface area (Å²) >= 11 is 0. The summed E-state index contributed by atoms with van der Waals surface area (Å²) in [5.74, 6) is 0.882. The average molecular weight is 600 g/mol. The standard InChI is InChI=1S/C34H49NO8/c1-31(2,43-30-28(40)27(39)26(38)22(16-36)41-30)24-12-14-34(17-37)23-10-9-18-15-20-19-7-5-6-8-21(19)35-29(20)33(18,4)32(23,3)13-11-25(34)42-24/h5-8,18,22-28,30,35-40H,9-17H2,1-4H3/t18-,22+,23+,24-,25-,26+,27-,28-,30-,32-,33+,34+/m0/s1. The van der Waals surface area contributed by atoms with Gasteiger partial charge in [0.05, 0.1) is 31.0 Å². The first-order valence-electron chi connectivity index (χ1n) is 16.3. The van der Waals surface area contributed by atoms with Gasteiger partial charge in [-0.1, -0.05) is 32.0 Å². The number of rotatable bonds is 5. The first kappa shape index (κ1) is 30.1. The van der Waals surface area contributed by atoms with E-state index in [2.05, 4.69) is 43.1 Å². The highest BCUT2D eigenvalue weighted by Crippen LogP contribution is 2.71. The quantitative estimate of drug-likeness (QED) is 0.308. The van der Waals surface area contributed by atoms with Crippen LogP contribution >= 0.6 is 0 Å². The molecule has 43 heavy (non-hydrogen) atoms. The van der Waals surface area contributed by atoms with Crippen molar-refractivity contribution in [1.82, 2.24) is 4.98 Å². The van der Waals surface area contributed by atoms with Gasteiger partial charge in [0, 0.05) is 27.4 Å². The van der Waals surface area contributed by atoms with Crippen molar-refractivity contribution in [2.45, 2.75) is 127 Å². The zero-order chi connectivity index (χ0) is 30.5. The number of hydrogen-bond donors (Lipinski definition) is 6. The summed E-state index contributed by atoms with van der Waals surface area (Å²) in [6, 6.07) is 8.67. The normalized spacial score (nSPS) is 46.2. The minimum atomic E-state index is -1.50. The third-order valence-electron chi connectivity index (χ3n) is 13.2. The fraction of sp³-hybridized carbons (Fsp3) is 0.765. The van der Waals surface area contributed by atoms with E-state index in [0.29, 0.717) is 18.3 Å². The Balaban J connectivity index is 1.14. The number of para-hydroxylation sites is 1. The number of benzene rings is 1. The van der Waals surface area contributed by atoms with E-state index in [4.69, 9.17) is 14.2 Å². The van der Waals surface area contributed by atoms with Gasteiger partial charge in [0.2, 0.25) is 0 Å². The zero-order valence-corrected chi connectivity index (χ0v) is 25.8. The van der Waals surface area contributed by atoms with E-state index in [0.717, 1.165) is 38.5 Å². The highest BCUT2D eigenvalue weighted by molar-refractivity contribution is 5.86. The summed E-state index contributed by atoms with van der Waals surface area (Å²) in [4.78, 5) is 3.87. The molecule has 2 aliphatic heterocycles. The van der Waals surface area contributed by atoms with Gasteiger partial charge in [0.1, 0.15) is 24.4 Å². The number of nitrogens with one attached hydrogen (secondary N) is 1. The van der Waals surface area contributed by atoms with Gasteiger partial charge in [-0.15, -0.1) is 0 Å². The smallest absolute Gasteiger partial charge is 0.187 e. The molecule has 9 nitrogen and oxygen atoms in total. The second-order valence-corrected chi connectivity index (χ2v) is 15.2. The molecule has 0 radical (unpaired) electrons. The Bertz CT molecular complexity index is 1360. The zero-order valence-electron chi connectivity index (χ0n) is 25.8. The van der Waals surface area contributed by atoms with E-state index >= 15 is 0 Å². The molecule has 1 aromatic heterocycles. The van der Waals surface area contributed by atoms with E-state index in [-0.39, 0.29) is 35.1 Å². The lowest BCUT2D eigenvalue weighted by molar-refractivity contribution is -0.343. The minimum Gasteiger partial charge on any atom is -0.396 e. The summed E-state index contributed by atoms with van der Waals surface area (Å²) in [7, 11) is 0. The highest BCUT2D eigenvalue weighted by atomic mass is 16.7. The first-order chi connectivity index (χ1) is 20.4. The maximum absolute atomic E-state index is 11.2. The first-order valence-corrected chi connectivity index (χ1v) is 16.3. The number of H-pyrrole nitrogens is 1. The van der Waals surface area contributed by atoms with Crippen molar-refractivity contribution in [3.05, 3.63) is 35.5 Å². The van der Waals surface area contributed by atoms with E-state index in [1.54, 1.807) is 0 Å². The lowest BCUT2D eigenvalue weighted by Gasteiger charge is -2.67. The summed E-state index contributed by atoms with van der Waals surface area (Å²) in [5, 5.41) is 53.3. The largest absolute Gasteiger partial charge is 0.396 e. The number of fused-ring (bicyclic) bond motifs is 9. The molecule has 0 amide bonds. The van der Waals surface area contributed by atoms with Gasteiger partial charge in [0.25, 0.3) is 0 Å². The van der Waals surface area contributed by atoms with Gasteiger partial charge in [-0.05, 0) is 87.7 Å². The number of aromatic amines is 1. The monoisotopic (exact) mass is 599 g/mol. The van der Waals surface area contributed by atoms with Gasteiger partial charge in [-0.3, -0.25) is 0 Å². The molecule has 0 unspecified atom stereocenters. The molecule has 2 saturated heterocycles. The van der Waals surface area contributed by atoms with Gasteiger partial charge in [0.15, 0.2) is 6.29 Å². The number of ether oxygens (including phenoxy) is 3. The summed E-state index contributed by atoms with van der Waals surface area (Å²) in [6.07, 6.45) is -0.465. The van der Waals surface area contributed by atoms with Crippen LogP contribution in [-0.2, 0) is 26.0 Å². The number of aliphatic hydroxyl groups excluding tert-OH is 5. The van der Waals surface area contributed by atoms with Crippen molar-refractivity contribution in [3.63, 3.8) is 0 Å². The Morgan fingerprint density at radius 1 is 0.953 bits per heavy atom. The summed E-state index contributed by atoms with van der Waals surface area (Å²) < 4.78 is 18.8. The van der Waals surface area contributed by atoms with Crippen LogP contribution in [0, 0.1) is 22.7 Å². The second kappa shape index (κ2) is 10.2. The Morgan fingerprint density at radius 2 is 1.72 bits per heavy atom. The molecule has 2 saturated carbocycles. The molecule has 4 fully saturated rings. The van der Waals surface area contributed by atoms with Crippen LogP contribution < -0.4 is 0 Å². The minimum absolute atomic E-state index is 0.000183. The molecular weight excluding hydrogens is 550 g/mol. The number of aliphatic hydroxyl groups is 5. The molecule has 3 aliphatic carbocycles. The summed E-state index contributed by atoms with van der Waals surface area (Å²) in [5.41, 5.74) is 2.84. The molecule has 1 aromatic carbocycles. The van der Waals surface area contributed by atoms with Crippen molar-refractivity contribution in [2.75, 3.05) is 13.2 Å². The van der Waals surface area contributed by atoms with E-state index in [1.165, 1.54) is 22.2 Å². The molecule has 5 aliphatic rings. The average Bonchev–Trinajstić information content (AvgIpc) is 3.51. The van der Waals surface area contributed by atoms with Crippen LogP contribution in [0.1, 0.15) is 77.5 Å². The van der Waals surface area contributed by atoms with Crippen molar-refractivity contribution >= 4 is 10.9 Å². The fourth-order valence-electron chi connectivity index (χ4n) is 10.5. The highest BCUT2D eigenvalue weighted by Gasteiger charge is 2.69. The molecule has 6 N–H and O–H groups in total. The topological polar surface area (TPSA) is 145 Å². The van der Waals surface area contributed by atoms with Gasteiger partial charge in [-0.25, -0.2) is 0 Å². The SMILES string of the molecule is CC(C)(O[C@@H]1O[C@H](CO)[C@@H](O)[C@H](O)[C@@H]1O)[C@@H]1CC[C@]2(CO)[C@H](CC[C@@]3(C)[C@H]2CC[C@H]2Cc4c([nH]c5ccccc45)[C@@]23C)O1. The predicted molar refractivity (Wildman–Crippen MR) is 159 cm³/mol. The molecule has 238 valence electrons. The van der Waals surface area contributed by atoms with Crippen LogP contribution in [-0.4, -0.2) is 92.2 Å². The Hall–Kier alpha value is -1.56. The van der Waals surface area contributed by atoms with Crippen molar-refractivity contribution in [1.29, 1.82) is 0 Å². The van der Waals surface area contributed by atoms with Gasteiger partial charge >= 0.3 is 0 Å². The molecule has 9 heteroatoms. The number of aromatic nitrogens is 1. The Labute approximate surface area is 253 Å². The molecule has 0 spiro atoms. The Kier molecular flexibility index (Phi) is 7.16. The van der Waals surface area contributed by atoms with Crippen LogP contribution in [0.5, 0.6) is 0 Å². The summed E-state index contributed by atoms with van der Waals surface area (Å²) in [6.45, 7) is 8.32. The molecule has 3 heterocycles. The maximum Gasteiger partial charge on any atom is 0.187 e. The third-order valence-corrected chi connectivity index (χ3v) is 13.2. The molecular formula is C34H49NO8. The van der Waals surface area contributed by atoms with Crippen LogP contribution in [0.3, 0.4) is 0 Å². The van der Waals surface area contributed by atoms with Crippen molar-refractivity contribution < 1.29 is 39.7 Å². The maximum atomic E-state index is 11.2. The van der Waals surface area contributed by atoms with E-state index < -0.39 is 42.9 Å². The fourth-order valence-corrected chi connectivity index (χ4v) is 10.5. The van der Waals surface area contributed by atoms with E-state index in [9.17, 15) is 25.5 Å². The Morgan fingerprint density at radius 3 is 2.47 bits per heavy atom. The lowest BCUT2D eigenvalue weighted by Crippen LogP contribution is -2.67. The lowest BCUT2D eigenvalue weighted by atomic mass is 9.39. The van der Waals surface area contributed by atoms with E-state index in [1.807, 2.05) is 13.8 Å². The predicted octanol–water partition coefficient (Wildman–Crippen LogP) is 2.93. The number of hydrogen-bond acceptors (Lipinski definition) is 8. The van der Waals surface area contributed by atoms with Crippen LogP contribution in [0.15, 0.2) is 24.3 Å². The third kappa shape index (κ3) is 4.05. The van der Waals surface area contributed by atoms with Crippen LogP contribution in [0.4, 0.5) is 0 Å². The van der Waals surface area contributed by atoms with Gasteiger partial charge < -0.3 is 44.7 Å². The molecule has 12 atom stereocenters. The molecule has 2 aromatic rings. The second-order valence-electron chi connectivity index (χ2n) is 15.2. The molecule has 7 rings (SSSR count). The van der Waals surface area contributed by atoms with Gasteiger partial charge in [-0.2, -0.15) is 0 Å².